The van der Waals surface area contributed by atoms with Crippen LogP contribution in [0.25, 0.3) is 5.52 Å². The lowest BCUT2D eigenvalue weighted by Gasteiger charge is -2.26. The van der Waals surface area contributed by atoms with Crippen LogP contribution in [-0.4, -0.2) is 15.4 Å². The molecule has 0 spiro atoms. The molecular formula is C12H14ClN3. The Balaban J connectivity index is 1.85. The van der Waals surface area contributed by atoms with Gasteiger partial charge in [0.2, 0.25) is 5.28 Å². The van der Waals surface area contributed by atoms with E-state index in [4.69, 9.17) is 11.6 Å². The van der Waals surface area contributed by atoms with Crippen molar-refractivity contribution in [3.63, 3.8) is 0 Å². The van der Waals surface area contributed by atoms with Crippen molar-refractivity contribution < 1.29 is 0 Å². The normalized spacial score (nSPS) is 16.6. The zero-order chi connectivity index (χ0) is 11.0. The Morgan fingerprint density at radius 1 is 1.44 bits per heavy atom. The van der Waals surface area contributed by atoms with Gasteiger partial charge in [-0.1, -0.05) is 12.5 Å². The number of nitrogens with zero attached hydrogens (tertiary/aromatic N) is 2. The molecule has 0 aromatic carbocycles. The minimum Gasteiger partial charge on any atom is -0.308 e. The first-order chi connectivity index (χ1) is 7.84. The van der Waals surface area contributed by atoms with Gasteiger partial charge in [0.25, 0.3) is 0 Å². The van der Waals surface area contributed by atoms with Gasteiger partial charge in [0.15, 0.2) is 0 Å². The predicted molar refractivity (Wildman–Crippen MR) is 64.7 cm³/mol. The number of hydrogen-bond acceptors (Lipinski definition) is 2. The molecule has 3 rings (SSSR count). The molecule has 3 nitrogen and oxygen atoms in total. The Kier molecular flexibility index (Phi) is 2.58. The highest BCUT2D eigenvalue weighted by Crippen LogP contribution is 2.20. The molecule has 1 N–H and O–H groups in total. The Hall–Kier alpha value is -1.06. The van der Waals surface area contributed by atoms with Gasteiger partial charge in [-0.3, -0.25) is 4.40 Å². The first-order valence-corrected chi connectivity index (χ1v) is 6.07. The summed E-state index contributed by atoms with van der Waals surface area (Å²) in [5.74, 6) is 0. The Morgan fingerprint density at radius 3 is 3.06 bits per heavy atom. The van der Waals surface area contributed by atoms with Gasteiger partial charge < -0.3 is 5.32 Å². The van der Waals surface area contributed by atoms with Crippen LogP contribution < -0.4 is 5.32 Å². The topological polar surface area (TPSA) is 29.3 Å². The molecular weight excluding hydrogens is 222 g/mol. The average molecular weight is 236 g/mol. The quantitative estimate of drug-likeness (QED) is 0.886. The Bertz CT molecular complexity index is 502. The summed E-state index contributed by atoms with van der Waals surface area (Å²) in [6.45, 7) is 0.810. The van der Waals surface area contributed by atoms with E-state index >= 15 is 0 Å². The van der Waals surface area contributed by atoms with Gasteiger partial charge in [-0.15, -0.1) is 0 Å². The summed E-state index contributed by atoms with van der Waals surface area (Å²) in [6, 6.07) is 6.71. The lowest BCUT2D eigenvalue weighted by Crippen LogP contribution is -2.34. The van der Waals surface area contributed by atoms with Gasteiger partial charge in [0.05, 0.1) is 11.2 Å². The third-order valence-electron chi connectivity index (χ3n) is 3.24. The maximum absolute atomic E-state index is 6.06. The highest BCUT2D eigenvalue weighted by molar-refractivity contribution is 6.28. The number of halogens is 1. The molecule has 1 aliphatic rings. The summed E-state index contributed by atoms with van der Waals surface area (Å²) >= 11 is 6.06. The molecule has 4 heteroatoms. The van der Waals surface area contributed by atoms with E-state index < -0.39 is 0 Å². The second-order valence-electron chi connectivity index (χ2n) is 4.29. The van der Waals surface area contributed by atoms with E-state index in [0.717, 1.165) is 17.8 Å². The molecule has 0 unspecified atom stereocenters. The fourth-order valence-electron chi connectivity index (χ4n) is 2.05. The van der Waals surface area contributed by atoms with Crippen LogP contribution in [0.5, 0.6) is 0 Å². The first-order valence-electron chi connectivity index (χ1n) is 5.69. The van der Waals surface area contributed by atoms with Crippen LogP contribution in [0.4, 0.5) is 0 Å². The van der Waals surface area contributed by atoms with E-state index in [2.05, 4.69) is 16.4 Å². The third kappa shape index (κ3) is 1.70. The van der Waals surface area contributed by atoms with E-state index in [1.165, 1.54) is 19.3 Å². The van der Waals surface area contributed by atoms with Crippen molar-refractivity contribution >= 4 is 17.1 Å². The van der Waals surface area contributed by atoms with Gasteiger partial charge >= 0.3 is 0 Å². The van der Waals surface area contributed by atoms with Crippen molar-refractivity contribution in [3.05, 3.63) is 35.4 Å². The number of pyridine rings is 1. The highest BCUT2D eigenvalue weighted by Gasteiger charge is 2.17. The molecule has 1 aliphatic carbocycles. The molecule has 0 bridgehead atoms. The zero-order valence-corrected chi connectivity index (χ0v) is 9.74. The van der Waals surface area contributed by atoms with Crippen LogP contribution in [0.1, 0.15) is 25.0 Å². The minimum atomic E-state index is 0.543. The van der Waals surface area contributed by atoms with Crippen LogP contribution in [0, 0.1) is 0 Å². The number of imidazole rings is 1. The van der Waals surface area contributed by atoms with Crippen LogP contribution >= 0.6 is 11.6 Å². The molecule has 0 radical (unpaired) electrons. The summed E-state index contributed by atoms with van der Waals surface area (Å²) < 4.78 is 1.92. The van der Waals surface area contributed by atoms with E-state index in [0.29, 0.717) is 11.3 Å². The minimum absolute atomic E-state index is 0.543. The maximum Gasteiger partial charge on any atom is 0.207 e. The van der Waals surface area contributed by atoms with Gasteiger partial charge in [0.1, 0.15) is 0 Å². The SMILES string of the molecule is Clc1nc(CNC2CCC2)c2ccccn12. The summed E-state index contributed by atoms with van der Waals surface area (Å²) in [7, 11) is 0. The largest absolute Gasteiger partial charge is 0.308 e. The number of rotatable bonds is 3. The van der Waals surface area contributed by atoms with Crippen molar-refractivity contribution in [2.24, 2.45) is 0 Å². The van der Waals surface area contributed by atoms with E-state index in [1.807, 2.05) is 22.7 Å². The van der Waals surface area contributed by atoms with Crippen molar-refractivity contribution in [1.82, 2.24) is 14.7 Å². The molecule has 2 aromatic rings. The van der Waals surface area contributed by atoms with Crippen LogP contribution in [0.15, 0.2) is 24.4 Å². The van der Waals surface area contributed by atoms with Gasteiger partial charge in [0, 0.05) is 18.8 Å². The van der Waals surface area contributed by atoms with Crippen LogP contribution in [-0.2, 0) is 6.54 Å². The first kappa shape index (κ1) is 10.1. The molecule has 84 valence electrons. The maximum atomic E-state index is 6.06. The highest BCUT2D eigenvalue weighted by atomic mass is 35.5. The molecule has 2 heterocycles. The number of aromatic nitrogens is 2. The Morgan fingerprint density at radius 2 is 2.31 bits per heavy atom. The lowest BCUT2D eigenvalue weighted by atomic mass is 9.93. The van der Waals surface area contributed by atoms with Crippen molar-refractivity contribution in [3.8, 4) is 0 Å². The lowest BCUT2D eigenvalue weighted by molar-refractivity contribution is 0.337. The molecule has 1 saturated carbocycles. The van der Waals surface area contributed by atoms with E-state index in [1.54, 1.807) is 0 Å². The summed E-state index contributed by atoms with van der Waals surface area (Å²) in [5.41, 5.74) is 2.14. The standard InChI is InChI=1S/C12H14ClN3/c13-12-15-10(8-14-9-4-3-5-9)11-6-1-2-7-16(11)12/h1-2,6-7,9,14H,3-5,8H2. The van der Waals surface area contributed by atoms with Crippen molar-refractivity contribution in [2.45, 2.75) is 31.8 Å². The van der Waals surface area contributed by atoms with Gasteiger partial charge in [-0.2, -0.15) is 0 Å². The third-order valence-corrected chi connectivity index (χ3v) is 3.51. The van der Waals surface area contributed by atoms with Crippen molar-refractivity contribution in [1.29, 1.82) is 0 Å². The fourth-order valence-corrected chi connectivity index (χ4v) is 2.29. The number of hydrogen-bond donors (Lipinski definition) is 1. The number of fused-ring (bicyclic) bond motifs is 1. The fraction of sp³-hybridized carbons (Fsp3) is 0.417. The van der Waals surface area contributed by atoms with E-state index in [-0.39, 0.29) is 0 Å². The van der Waals surface area contributed by atoms with Crippen molar-refractivity contribution in [2.75, 3.05) is 0 Å². The second kappa shape index (κ2) is 4.07. The zero-order valence-electron chi connectivity index (χ0n) is 8.99. The average Bonchev–Trinajstić information content (AvgIpc) is 2.55. The molecule has 0 aliphatic heterocycles. The molecule has 16 heavy (non-hydrogen) atoms. The monoisotopic (exact) mass is 235 g/mol. The molecule has 0 atom stereocenters. The predicted octanol–water partition coefficient (Wildman–Crippen LogP) is 2.63. The smallest absolute Gasteiger partial charge is 0.207 e. The molecule has 2 aromatic heterocycles. The summed E-state index contributed by atoms with van der Waals surface area (Å²) in [5, 5.41) is 4.05. The van der Waals surface area contributed by atoms with E-state index in [9.17, 15) is 0 Å². The van der Waals surface area contributed by atoms with Gasteiger partial charge in [-0.05, 0) is 36.6 Å². The van der Waals surface area contributed by atoms with Crippen LogP contribution in [0.2, 0.25) is 5.28 Å². The van der Waals surface area contributed by atoms with Crippen LogP contribution in [0.3, 0.4) is 0 Å². The summed E-state index contributed by atoms with van der Waals surface area (Å²) in [6.07, 6.45) is 5.87. The molecule has 0 amide bonds. The second-order valence-corrected chi connectivity index (χ2v) is 4.63. The van der Waals surface area contributed by atoms with Gasteiger partial charge in [-0.25, -0.2) is 4.98 Å². The Labute approximate surface area is 99.4 Å². The molecule has 0 saturated heterocycles. The number of nitrogens with one attached hydrogen (secondary N) is 1. The summed E-state index contributed by atoms with van der Waals surface area (Å²) in [4.78, 5) is 4.39. The molecule has 1 fully saturated rings.